The number of nitrogens with zero attached hydrogens (tertiary/aromatic N) is 1. The molecule has 1 aromatic carbocycles. The summed E-state index contributed by atoms with van der Waals surface area (Å²) in [5.74, 6) is 1.77. The maximum atomic E-state index is 6.15. The van der Waals surface area contributed by atoms with Crippen LogP contribution in [0.2, 0.25) is 10.0 Å². The number of rotatable bonds is 5. The van der Waals surface area contributed by atoms with E-state index in [0.29, 0.717) is 34.1 Å². The summed E-state index contributed by atoms with van der Waals surface area (Å²) in [4.78, 5) is 4.37. The van der Waals surface area contributed by atoms with E-state index < -0.39 is 0 Å². The van der Waals surface area contributed by atoms with Crippen molar-refractivity contribution < 1.29 is 0 Å². The molecule has 5 heteroatoms. The molecular weight excluding hydrogens is 305 g/mol. The number of halogens is 2. The van der Waals surface area contributed by atoms with Crippen molar-refractivity contribution in [1.82, 2.24) is 4.98 Å². The maximum Gasteiger partial charge on any atom is 0.147 e. The van der Waals surface area contributed by atoms with Gasteiger partial charge < -0.3 is 10.6 Å². The second-order valence-corrected chi connectivity index (χ2v) is 5.96. The Kier molecular flexibility index (Phi) is 5.32. The van der Waals surface area contributed by atoms with E-state index in [2.05, 4.69) is 53.7 Å². The zero-order valence-electron chi connectivity index (χ0n) is 12.4. The predicted octanol–water partition coefficient (Wildman–Crippen LogP) is 5.17. The van der Waals surface area contributed by atoms with Crippen molar-refractivity contribution in [3.05, 3.63) is 51.5 Å². The molecule has 2 N–H and O–H groups in total. The molecule has 2 aromatic rings. The Bertz CT molecular complexity index is 610. The van der Waals surface area contributed by atoms with Crippen LogP contribution in [0.4, 0.5) is 11.6 Å². The average Bonchev–Trinajstić information content (AvgIpc) is 2.47. The van der Waals surface area contributed by atoms with Crippen molar-refractivity contribution in [2.45, 2.75) is 26.3 Å². The van der Waals surface area contributed by atoms with Gasteiger partial charge in [-0.2, -0.15) is 0 Å². The number of hydrogen-bond donors (Lipinski definition) is 2. The van der Waals surface area contributed by atoms with Gasteiger partial charge in [-0.05, 0) is 23.1 Å². The van der Waals surface area contributed by atoms with Crippen LogP contribution in [-0.4, -0.2) is 12.0 Å². The summed E-state index contributed by atoms with van der Waals surface area (Å²) in [6, 6.07) is 10.2. The van der Waals surface area contributed by atoms with Crippen LogP contribution in [0.3, 0.4) is 0 Å². The minimum Gasteiger partial charge on any atom is -0.372 e. The van der Waals surface area contributed by atoms with Crippen LogP contribution < -0.4 is 10.6 Å². The molecule has 0 aliphatic rings. The Labute approximate surface area is 135 Å². The highest BCUT2D eigenvalue weighted by Gasteiger charge is 2.08. The normalized spacial score (nSPS) is 10.8. The van der Waals surface area contributed by atoms with Gasteiger partial charge in [0.15, 0.2) is 0 Å². The Morgan fingerprint density at radius 2 is 1.67 bits per heavy atom. The van der Waals surface area contributed by atoms with Crippen LogP contribution in [0.5, 0.6) is 0 Å². The molecule has 0 saturated carbocycles. The molecule has 0 atom stereocenters. The topological polar surface area (TPSA) is 37.0 Å². The molecule has 0 saturated heterocycles. The summed E-state index contributed by atoms with van der Waals surface area (Å²) in [6.45, 7) is 5.03. The van der Waals surface area contributed by atoms with Gasteiger partial charge in [0.1, 0.15) is 11.6 Å². The van der Waals surface area contributed by atoms with Gasteiger partial charge in [0, 0.05) is 13.6 Å². The third kappa shape index (κ3) is 4.02. The molecule has 21 heavy (non-hydrogen) atoms. The van der Waals surface area contributed by atoms with E-state index in [1.165, 1.54) is 11.1 Å². The van der Waals surface area contributed by atoms with E-state index >= 15 is 0 Å². The van der Waals surface area contributed by atoms with Gasteiger partial charge >= 0.3 is 0 Å². The first-order valence-electron chi connectivity index (χ1n) is 6.87. The first-order valence-corrected chi connectivity index (χ1v) is 7.63. The lowest BCUT2D eigenvalue weighted by molar-refractivity contribution is 0.865. The molecule has 3 nitrogen and oxygen atoms in total. The highest BCUT2D eigenvalue weighted by Crippen LogP contribution is 2.29. The van der Waals surface area contributed by atoms with Crippen molar-refractivity contribution in [1.29, 1.82) is 0 Å². The first kappa shape index (κ1) is 15.9. The Morgan fingerprint density at radius 1 is 1.05 bits per heavy atom. The third-order valence-corrected chi connectivity index (χ3v) is 3.85. The summed E-state index contributed by atoms with van der Waals surface area (Å²) in [6.07, 6.45) is 0. The van der Waals surface area contributed by atoms with Crippen molar-refractivity contribution in [2.24, 2.45) is 0 Å². The van der Waals surface area contributed by atoms with E-state index in [0.717, 1.165) is 0 Å². The SMILES string of the molecule is CNc1nc(NCc2ccc(C(C)C)cc2)c(Cl)cc1Cl. The van der Waals surface area contributed by atoms with Crippen LogP contribution in [0.1, 0.15) is 30.9 Å². The van der Waals surface area contributed by atoms with Crippen LogP contribution in [0.15, 0.2) is 30.3 Å². The molecule has 1 aromatic heterocycles. The number of aromatic nitrogens is 1. The van der Waals surface area contributed by atoms with Crippen molar-refractivity contribution in [3.63, 3.8) is 0 Å². The highest BCUT2D eigenvalue weighted by molar-refractivity contribution is 6.37. The Balaban J connectivity index is 2.09. The molecule has 0 aliphatic heterocycles. The van der Waals surface area contributed by atoms with Crippen molar-refractivity contribution in [3.8, 4) is 0 Å². The number of anilines is 2. The Morgan fingerprint density at radius 3 is 2.24 bits per heavy atom. The van der Waals surface area contributed by atoms with Gasteiger partial charge in [0.05, 0.1) is 10.0 Å². The number of benzene rings is 1. The van der Waals surface area contributed by atoms with Gasteiger partial charge in [0.25, 0.3) is 0 Å². The van der Waals surface area contributed by atoms with Crippen LogP contribution in [0.25, 0.3) is 0 Å². The molecule has 0 spiro atoms. The first-order chi connectivity index (χ1) is 10.0. The summed E-state index contributed by atoms with van der Waals surface area (Å²) in [7, 11) is 1.77. The van der Waals surface area contributed by atoms with Crippen molar-refractivity contribution >= 4 is 34.8 Å². The van der Waals surface area contributed by atoms with Gasteiger partial charge in [-0.15, -0.1) is 0 Å². The molecule has 1 heterocycles. The second-order valence-electron chi connectivity index (χ2n) is 5.15. The van der Waals surface area contributed by atoms with E-state index in [1.54, 1.807) is 13.1 Å². The summed E-state index contributed by atoms with van der Waals surface area (Å²) in [5.41, 5.74) is 2.51. The molecule has 0 aliphatic carbocycles. The maximum absolute atomic E-state index is 6.15. The molecule has 0 amide bonds. The van der Waals surface area contributed by atoms with Gasteiger partial charge in [-0.25, -0.2) is 4.98 Å². The summed E-state index contributed by atoms with van der Waals surface area (Å²) in [5, 5.41) is 7.20. The standard InChI is InChI=1S/C16H19Cl2N3/c1-10(2)12-6-4-11(5-7-12)9-20-16-14(18)8-13(17)15(19-3)21-16/h4-8,10H,9H2,1-3H3,(H2,19,20,21). The van der Waals surface area contributed by atoms with Crippen LogP contribution in [0, 0.1) is 0 Å². The minimum atomic E-state index is 0.509. The van der Waals surface area contributed by atoms with Crippen molar-refractivity contribution in [2.75, 3.05) is 17.7 Å². The zero-order valence-corrected chi connectivity index (χ0v) is 13.9. The number of hydrogen-bond acceptors (Lipinski definition) is 3. The number of pyridine rings is 1. The third-order valence-electron chi connectivity index (χ3n) is 3.27. The Hall–Kier alpha value is -1.45. The highest BCUT2D eigenvalue weighted by atomic mass is 35.5. The smallest absolute Gasteiger partial charge is 0.147 e. The lowest BCUT2D eigenvalue weighted by atomic mass is 10.0. The zero-order chi connectivity index (χ0) is 15.4. The summed E-state index contributed by atoms with van der Waals surface area (Å²) < 4.78 is 0. The monoisotopic (exact) mass is 323 g/mol. The molecule has 0 fully saturated rings. The van der Waals surface area contributed by atoms with E-state index in [1.807, 2.05) is 0 Å². The predicted molar refractivity (Wildman–Crippen MR) is 91.7 cm³/mol. The molecule has 112 valence electrons. The van der Waals surface area contributed by atoms with Crippen LogP contribution in [-0.2, 0) is 6.54 Å². The fourth-order valence-corrected chi connectivity index (χ4v) is 2.49. The largest absolute Gasteiger partial charge is 0.372 e. The molecular formula is C16H19Cl2N3. The van der Waals surface area contributed by atoms with Gasteiger partial charge in [-0.1, -0.05) is 61.3 Å². The minimum absolute atomic E-state index is 0.509. The molecule has 0 bridgehead atoms. The lowest BCUT2D eigenvalue weighted by Crippen LogP contribution is -2.04. The van der Waals surface area contributed by atoms with Crippen LogP contribution >= 0.6 is 23.2 Å². The fraction of sp³-hybridized carbons (Fsp3) is 0.312. The average molecular weight is 324 g/mol. The summed E-state index contributed by atoms with van der Waals surface area (Å²) >= 11 is 12.2. The van der Waals surface area contributed by atoms with E-state index in [-0.39, 0.29) is 0 Å². The number of nitrogens with one attached hydrogen (secondary N) is 2. The lowest BCUT2D eigenvalue weighted by Gasteiger charge is -2.11. The molecule has 0 radical (unpaired) electrons. The molecule has 2 rings (SSSR count). The van der Waals surface area contributed by atoms with Gasteiger partial charge in [-0.3, -0.25) is 0 Å². The fourth-order valence-electron chi connectivity index (χ4n) is 1.97. The molecule has 0 unspecified atom stereocenters. The van der Waals surface area contributed by atoms with E-state index in [4.69, 9.17) is 23.2 Å². The second kappa shape index (κ2) is 7.01. The van der Waals surface area contributed by atoms with Gasteiger partial charge in [0.2, 0.25) is 0 Å². The van der Waals surface area contributed by atoms with E-state index in [9.17, 15) is 0 Å². The quantitative estimate of drug-likeness (QED) is 0.797.